The predicted molar refractivity (Wildman–Crippen MR) is 189 cm³/mol. The zero-order valence-corrected chi connectivity index (χ0v) is 31.8. The van der Waals surface area contributed by atoms with E-state index in [4.69, 9.17) is 23.7 Å². The first-order valence-electron chi connectivity index (χ1n) is 17.9. The van der Waals surface area contributed by atoms with Crippen molar-refractivity contribution < 1.29 is 48.3 Å². The summed E-state index contributed by atoms with van der Waals surface area (Å²) in [6.07, 6.45) is -1.14. The van der Waals surface area contributed by atoms with E-state index in [1.165, 1.54) is 0 Å². The number of nitrogens with zero attached hydrogens (tertiary/aromatic N) is 1. The first-order chi connectivity index (χ1) is 23.4. The van der Waals surface area contributed by atoms with Gasteiger partial charge in [0.15, 0.2) is 6.29 Å². The van der Waals surface area contributed by atoms with E-state index in [1.54, 1.807) is 58.2 Å². The maximum atomic E-state index is 14.1. The molecule has 2 N–H and O–H groups in total. The lowest BCUT2D eigenvalue weighted by Crippen LogP contribution is -2.59. The third-order valence-electron chi connectivity index (χ3n) is 10.9. The molecule has 2 aliphatic heterocycles. The number of hydrogen-bond acceptors (Lipinski definition) is 11. The molecule has 11 nitrogen and oxygen atoms in total. The summed E-state index contributed by atoms with van der Waals surface area (Å²) in [5, 5.41) is 23.5. The molecule has 2 heterocycles. The Hall–Kier alpha value is -2.67. The van der Waals surface area contributed by atoms with Gasteiger partial charge >= 0.3 is 11.9 Å². The van der Waals surface area contributed by atoms with Gasteiger partial charge in [-0.25, -0.2) is 4.79 Å². The number of methoxy groups -OCH3 is 1. The number of aliphatic hydroxyl groups is 2. The summed E-state index contributed by atoms with van der Waals surface area (Å²) in [5.74, 6) is -3.83. The summed E-state index contributed by atoms with van der Waals surface area (Å²) < 4.78 is 31.6. The van der Waals surface area contributed by atoms with E-state index in [0.717, 1.165) is 11.9 Å². The van der Waals surface area contributed by atoms with Gasteiger partial charge in [-0.1, -0.05) is 50.6 Å². The Kier molecular flexibility index (Phi) is 14.8. The number of benzene rings is 1. The molecule has 282 valence electrons. The topological polar surface area (TPSA) is 141 Å². The Morgan fingerprint density at radius 2 is 1.76 bits per heavy atom. The fraction of sp³-hybridized carbons (Fsp3) is 0.718. The molecular weight excluding hydrogens is 642 g/mol. The van der Waals surface area contributed by atoms with Gasteiger partial charge < -0.3 is 43.6 Å². The third-order valence-corrected chi connectivity index (χ3v) is 10.9. The van der Waals surface area contributed by atoms with Crippen molar-refractivity contribution in [3.63, 3.8) is 0 Å². The fourth-order valence-corrected chi connectivity index (χ4v) is 8.01. The number of likely N-dealkylation sites (N-methyl/N-ethyl adjacent to an activating group) is 1. The van der Waals surface area contributed by atoms with Crippen LogP contribution in [0.15, 0.2) is 42.0 Å². The minimum absolute atomic E-state index is 0.0232. The summed E-state index contributed by atoms with van der Waals surface area (Å²) in [7, 11) is 5.37. The van der Waals surface area contributed by atoms with E-state index >= 15 is 0 Å². The summed E-state index contributed by atoms with van der Waals surface area (Å²) in [4.78, 5) is 41.6. The van der Waals surface area contributed by atoms with Crippen LogP contribution in [-0.2, 0) is 33.3 Å². The lowest BCUT2D eigenvalue weighted by molar-refractivity contribution is -0.301. The molecule has 0 amide bonds. The molecule has 50 heavy (non-hydrogen) atoms. The van der Waals surface area contributed by atoms with Crippen molar-refractivity contribution in [2.24, 2.45) is 23.7 Å². The molecule has 1 fully saturated rings. The van der Waals surface area contributed by atoms with E-state index in [9.17, 15) is 24.6 Å². The summed E-state index contributed by atoms with van der Waals surface area (Å²) >= 11 is 0. The first kappa shape index (κ1) is 41.7. The Labute approximate surface area is 298 Å². The van der Waals surface area contributed by atoms with Gasteiger partial charge in [0, 0.05) is 31.4 Å². The number of ether oxygens (including phenoxy) is 5. The number of cyclic esters (lactones) is 1. The van der Waals surface area contributed by atoms with E-state index in [2.05, 4.69) is 0 Å². The van der Waals surface area contributed by atoms with Gasteiger partial charge in [-0.05, 0) is 86.0 Å². The van der Waals surface area contributed by atoms with Gasteiger partial charge in [0.05, 0.1) is 29.3 Å². The van der Waals surface area contributed by atoms with Crippen LogP contribution in [0.5, 0.6) is 0 Å². The zero-order chi connectivity index (χ0) is 37.6. The van der Waals surface area contributed by atoms with Crippen molar-refractivity contribution >= 4 is 18.2 Å². The Bertz CT molecular complexity index is 1300. The Morgan fingerprint density at radius 1 is 1.12 bits per heavy atom. The smallest absolute Gasteiger partial charge is 0.338 e. The monoisotopic (exact) mass is 703 g/mol. The minimum Gasteiger partial charge on any atom is -0.459 e. The number of aldehydes is 1. The third kappa shape index (κ3) is 9.60. The number of allylic oxidation sites excluding steroid dienone is 1. The summed E-state index contributed by atoms with van der Waals surface area (Å²) in [6.45, 7) is 14.6. The van der Waals surface area contributed by atoms with Crippen molar-refractivity contribution in [1.29, 1.82) is 0 Å². The van der Waals surface area contributed by atoms with Crippen LogP contribution in [0.1, 0.15) is 91.4 Å². The molecule has 1 aromatic carbocycles. The van der Waals surface area contributed by atoms with Crippen LogP contribution in [0.4, 0.5) is 0 Å². The van der Waals surface area contributed by atoms with E-state index < -0.39 is 71.6 Å². The van der Waals surface area contributed by atoms with Gasteiger partial charge in [-0.3, -0.25) is 4.79 Å². The number of carbonyl (C=O) groups is 3. The molecule has 0 aliphatic carbocycles. The lowest BCUT2D eigenvalue weighted by atomic mass is 9.74. The molecule has 0 bridgehead atoms. The molecule has 3 rings (SSSR count). The van der Waals surface area contributed by atoms with E-state index in [-0.39, 0.29) is 30.9 Å². The Morgan fingerprint density at radius 3 is 2.32 bits per heavy atom. The van der Waals surface area contributed by atoms with Crippen LogP contribution in [0, 0.1) is 23.7 Å². The van der Waals surface area contributed by atoms with E-state index in [0.29, 0.717) is 18.4 Å². The summed E-state index contributed by atoms with van der Waals surface area (Å²) in [6, 6.07) is 8.26. The molecule has 1 aromatic rings. The van der Waals surface area contributed by atoms with Gasteiger partial charge in [0.25, 0.3) is 0 Å². The fourth-order valence-electron chi connectivity index (χ4n) is 8.01. The SMILES string of the molecule is CC[C@H]1OC(=O)[C@H](C)[C@H](OC(=O)c2ccccc2)[C@H](C)[C@@H](O[C@@H]2O[C@H](C)C[C@H](N(C)C)[C@H]2O)[C@](C)(OC)C[C@@H](C)/C=C(/C)[C@@H](CC=O)[C@]1(C)O. The van der Waals surface area contributed by atoms with Gasteiger partial charge in [-0.15, -0.1) is 0 Å². The molecular formula is C39H61NO10. The highest BCUT2D eigenvalue weighted by Crippen LogP contribution is 2.41. The average Bonchev–Trinajstić information content (AvgIpc) is 3.07. The maximum Gasteiger partial charge on any atom is 0.338 e. The number of carbonyl (C=O) groups excluding carboxylic acids is 3. The molecule has 0 unspecified atom stereocenters. The van der Waals surface area contributed by atoms with Gasteiger partial charge in [0.1, 0.15) is 30.2 Å². The molecule has 1 saturated heterocycles. The number of hydrogen-bond donors (Lipinski definition) is 2. The van der Waals surface area contributed by atoms with Gasteiger partial charge in [-0.2, -0.15) is 0 Å². The first-order valence-corrected chi connectivity index (χ1v) is 17.9. The normalized spacial score (nSPS) is 40.2. The molecule has 0 radical (unpaired) electrons. The Balaban J connectivity index is 2.24. The molecule has 13 atom stereocenters. The van der Waals surface area contributed by atoms with Crippen LogP contribution < -0.4 is 0 Å². The second-order valence-electron chi connectivity index (χ2n) is 15.1. The molecule has 2 aliphatic rings. The van der Waals surface area contributed by atoms with Gasteiger partial charge in [0.2, 0.25) is 0 Å². The largest absolute Gasteiger partial charge is 0.459 e. The van der Waals surface area contributed by atoms with Crippen LogP contribution in [0.2, 0.25) is 0 Å². The molecule has 0 aromatic heterocycles. The van der Waals surface area contributed by atoms with Crippen molar-refractivity contribution in [2.45, 2.75) is 135 Å². The second-order valence-corrected chi connectivity index (χ2v) is 15.1. The van der Waals surface area contributed by atoms with Crippen LogP contribution in [0.3, 0.4) is 0 Å². The van der Waals surface area contributed by atoms with Crippen molar-refractivity contribution in [3.05, 3.63) is 47.5 Å². The molecule has 11 heteroatoms. The predicted octanol–water partition coefficient (Wildman–Crippen LogP) is 4.96. The van der Waals surface area contributed by atoms with Crippen molar-refractivity contribution in [2.75, 3.05) is 21.2 Å². The quantitative estimate of drug-likeness (QED) is 0.205. The van der Waals surface area contributed by atoms with Crippen molar-refractivity contribution in [1.82, 2.24) is 4.90 Å². The maximum absolute atomic E-state index is 14.1. The number of esters is 2. The minimum atomic E-state index is -1.58. The molecule has 0 spiro atoms. The highest BCUT2D eigenvalue weighted by atomic mass is 16.7. The van der Waals surface area contributed by atoms with Crippen LogP contribution in [0.25, 0.3) is 0 Å². The average molecular weight is 704 g/mol. The second kappa shape index (κ2) is 17.7. The number of aliphatic hydroxyl groups excluding tert-OH is 1. The highest BCUT2D eigenvalue weighted by molar-refractivity contribution is 5.89. The number of rotatable bonds is 9. The molecule has 0 saturated carbocycles. The summed E-state index contributed by atoms with van der Waals surface area (Å²) in [5.41, 5.74) is -1.57. The van der Waals surface area contributed by atoms with Crippen LogP contribution >= 0.6 is 0 Å². The lowest BCUT2D eigenvalue weighted by Gasteiger charge is -2.48. The highest BCUT2D eigenvalue weighted by Gasteiger charge is 2.51. The standard InChI is InChI=1S/C39H61NO10/c1-12-31-39(8,45)29(18-19-41)24(3)20-23(2)22-38(7,46-11)34(50-37-32(42)30(40(9)10)21-25(4)47-37)26(5)33(27(6)35(43)48-31)49-36(44)28-16-14-13-15-17-28/h13-17,19-20,23,25-27,29-34,37,42,45H,12,18,21-22H2,1-11H3/b24-20-/t23-,25+,26-,27+,29+,30-,31+,32+,33+,34+,37-,38+,39-/m0/s1. The zero-order valence-electron chi connectivity index (χ0n) is 31.8. The van der Waals surface area contributed by atoms with Crippen LogP contribution in [-0.4, -0.2) is 109 Å². The van der Waals surface area contributed by atoms with Crippen molar-refractivity contribution in [3.8, 4) is 0 Å². The van der Waals surface area contributed by atoms with E-state index in [1.807, 2.05) is 59.7 Å².